The number of carbonyl (C=O) groups is 1. The molecular formula is C18H16FN3O3. The number of aromatic nitrogens is 2. The second-order valence-corrected chi connectivity index (χ2v) is 5.41. The van der Waals surface area contributed by atoms with Gasteiger partial charge in [0.1, 0.15) is 11.5 Å². The van der Waals surface area contributed by atoms with Crippen LogP contribution in [0.25, 0.3) is 11.5 Å². The van der Waals surface area contributed by atoms with Crippen molar-refractivity contribution >= 4 is 5.91 Å². The highest BCUT2D eigenvalue weighted by Crippen LogP contribution is 2.14. The number of hydrogen-bond acceptors (Lipinski definition) is 4. The van der Waals surface area contributed by atoms with Crippen LogP contribution in [-0.4, -0.2) is 22.2 Å². The monoisotopic (exact) mass is 341 g/mol. The first-order valence-corrected chi connectivity index (χ1v) is 7.75. The molecule has 1 aromatic carbocycles. The Hall–Kier alpha value is -3.22. The second-order valence-electron chi connectivity index (χ2n) is 5.41. The van der Waals surface area contributed by atoms with Crippen molar-refractivity contribution in [3.63, 3.8) is 0 Å². The van der Waals surface area contributed by atoms with E-state index in [4.69, 9.17) is 4.42 Å². The summed E-state index contributed by atoms with van der Waals surface area (Å²) in [5, 5.41) is 6.94. The van der Waals surface area contributed by atoms with Crippen molar-refractivity contribution in [2.45, 2.75) is 13.0 Å². The number of nitrogens with zero attached hydrogens (tertiary/aromatic N) is 2. The Kier molecular flexibility index (Phi) is 5.03. The number of amides is 1. The summed E-state index contributed by atoms with van der Waals surface area (Å²) in [6.45, 7) is 0.497. The largest absolute Gasteiger partial charge is 0.463 e. The minimum Gasteiger partial charge on any atom is -0.463 e. The molecule has 0 unspecified atom stereocenters. The molecule has 0 atom stereocenters. The predicted octanol–water partition coefficient (Wildman–Crippen LogP) is 2.00. The van der Waals surface area contributed by atoms with Gasteiger partial charge in [-0.2, -0.15) is 5.10 Å². The normalized spacial score (nSPS) is 10.6. The van der Waals surface area contributed by atoms with Crippen molar-refractivity contribution in [1.29, 1.82) is 0 Å². The van der Waals surface area contributed by atoms with Crippen LogP contribution in [0.4, 0.5) is 4.39 Å². The smallest absolute Gasteiger partial charge is 0.266 e. The van der Waals surface area contributed by atoms with Crippen LogP contribution >= 0.6 is 0 Å². The molecule has 6 nitrogen and oxygen atoms in total. The van der Waals surface area contributed by atoms with E-state index in [2.05, 4.69) is 10.4 Å². The quantitative estimate of drug-likeness (QED) is 0.744. The molecule has 128 valence electrons. The minimum atomic E-state index is -0.342. The maximum Gasteiger partial charge on any atom is 0.266 e. The number of furan rings is 1. The second kappa shape index (κ2) is 7.57. The van der Waals surface area contributed by atoms with E-state index in [-0.39, 0.29) is 36.8 Å². The fourth-order valence-electron chi connectivity index (χ4n) is 2.32. The molecule has 0 radical (unpaired) electrons. The average molecular weight is 341 g/mol. The summed E-state index contributed by atoms with van der Waals surface area (Å²) >= 11 is 0. The van der Waals surface area contributed by atoms with Gasteiger partial charge in [0.05, 0.1) is 19.2 Å². The summed E-state index contributed by atoms with van der Waals surface area (Å²) in [6.07, 6.45) is 1.68. The Morgan fingerprint density at radius 3 is 2.68 bits per heavy atom. The SMILES string of the molecule is O=C(Cc1ccc(F)cc1)NCCn1nc(-c2ccco2)ccc1=O. The van der Waals surface area contributed by atoms with Crippen LogP contribution in [0, 0.1) is 5.82 Å². The molecule has 7 heteroatoms. The van der Waals surface area contributed by atoms with Crippen molar-refractivity contribution < 1.29 is 13.6 Å². The number of nitrogens with one attached hydrogen (secondary N) is 1. The number of carbonyl (C=O) groups excluding carboxylic acids is 1. The molecule has 0 saturated carbocycles. The molecule has 1 N–H and O–H groups in total. The van der Waals surface area contributed by atoms with Gasteiger partial charge in [0.15, 0.2) is 5.76 Å². The first-order valence-electron chi connectivity index (χ1n) is 7.75. The summed E-state index contributed by atoms with van der Waals surface area (Å²) < 4.78 is 19.4. The summed E-state index contributed by atoms with van der Waals surface area (Å²) in [5.74, 6) is 0.0157. The van der Waals surface area contributed by atoms with Crippen LogP contribution in [0.1, 0.15) is 5.56 Å². The van der Waals surface area contributed by atoms with Gasteiger partial charge in [-0.15, -0.1) is 0 Å². The summed E-state index contributed by atoms with van der Waals surface area (Å²) in [4.78, 5) is 23.8. The van der Waals surface area contributed by atoms with E-state index in [0.717, 1.165) is 0 Å². The molecule has 0 aliphatic rings. The third-order valence-electron chi connectivity index (χ3n) is 3.56. The van der Waals surface area contributed by atoms with Crippen molar-refractivity contribution in [2.75, 3.05) is 6.54 Å². The van der Waals surface area contributed by atoms with Gasteiger partial charge >= 0.3 is 0 Å². The van der Waals surface area contributed by atoms with Gasteiger partial charge in [-0.05, 0) is 35.9 Å². The van der Waals surface area contributed by atoms with E-state index in [1.165, 1.54) is 29.1 Å². The highest BCUT2D eigenvalue weighted by atomic mass is 19.1. The van der Waals surface area contributed by atoms with Crippen molar-refractivity contribution in [1.82, 2.24) is 15.1 Å². The molecule has 0 spiro atoms. The van der Waals surface area contributed by atoms with Crippen molar-refractivity contribution in [3.05, 3.63) is 76.5 Å². The zero-order valence-corrected chi connectivity index (χ0v) is 13.3. The number of hydrogen-bond donors (Lipinski definition) is 1. The lowest BCUT2D eigenvalue weighted by Gasteiger charge is -2.08. The van der Waals surface area contributed by atoms with Gasteiger partial charge in [-0.3, -0.25) is 9.59 Å². The Labute approximate surface area is 142 Å². The fourth-order valence-corrected chi connectivity index (χ4v) is 2.32. The average Bonchev–Trinajstić information content (AvgIpc) is 3.13. The van der Waals surface area contributed by atoms with Crippen LogP contribution in [0.5, 0.6) is 0 Å². The van der Waals surface area contributed by atoms with Crippen LogP contribution < -0.4 is 10.9 Å². The Bertz CT molecular complexity index is 902. The fraction of sp³-hybridized carbons (Fsp3) is 0.167. The third-order valence-corrected chi connectivity index (χ3v) is 3.56. The van der Waals surface area contributed by atoms with Crippen LogP contribution in [0.15, 0.2) is 64.0 Å². The summed E-state index contributed by atoms with van der Waals surface area (Å²) in [6, 6.07) is 12.2. The van der Waals surface area contributed by atoms with Crippen molar-refractivity contribution in [2.24, 2.45) is 0 Å². The van der Waals surface area contributed by atoms with Gasteiger partial charge in [-0.1, -0.05) is 12.1 Å². The van der Waals surface area contributed by atoms with E-state index in [9.17, 15) is 14.0 Å². The van der Waals surface area contributed by atoms with Crippen LogP contribution in [-0.2, 0) is 17.8 Å². The Morgan fingerprint density at radius 1 is 1.16 bits per heavy atom. The molecular weight excluding hydrogens is 325 g/mol. The molecule has 3 rings (SSSR count). The molecule has 2 heterocycles. The zero-order valence-electron chi connectivity index (χ0n) is 13.3. The molecule has 2 aromatic heterocycles. The third kappa shape index (κ3) is 4.41. The van der Waals surface area contributed by atoms with E-state index in [0.29, 0.717) is 17.0 Å². The van der Waals surface area contributed by atoms with Crippen molar-refractivity contribution in [3.8, 4) is 11.5 Å². The van der Waals surface area contributed by atoms with E-state index in [1.807, 2.05) is 0 Å². The topological polar surface area (TPSA) is 77.1 Å². The highest BCUT2D eigenvalue weighted by molar-refractivity contribution is 5.78. The van der Waals surface area contributed by atoms with Gasteiger partial charge in [0.2, 0.25) is 5.91 Å². The summed E-state index contributed by atoms with van der Waals surface area (Å²) in [5.41, 5.74) is 0.999. The maximum absolute atomic E-state index is 12.8. The van der Waals surface area contributed by atoms with Crippen LogP contribution in [0.2, 0.25) is 0 Å². The summed E-state index contributed by atoms with van der Waals surface area (Å²) in [7, 11) is 0. The van der Waals surface area contributed by atoms with E-state index >= 15 is 0 Å². The van der Waals surface area contributed by atoms with Gasteiger partial charge in [0.25, 0.3) is 5.56 Å². The molecule has 0 aliphatic carbocycles. The maximum atomic E-state index is 12.8. The Morgan fingerprint density at radius 2 is 1.96 bits per heavy atom. The lowest BCUT2D eigenvalue weighted by Crippen LogP contribution is -2.32. The molecule has 0 saturated heterocycles. The Balaban J connectivity index is 1.56. The number of rotatable bonds is 6. The molecule has 0 aliphatic heterocycles. The lowest BCUT2D eigenvalue weighted by molar-refractivity contribution is -0.120. The highest BCUT2D eigenvalue weighted by Gasteiger charge is 2.07. The minimum absolute atomic E-state index is 0.148. The molecule has 1 amide bonds. The molecule has 0 bridgehead atoms. The van der Waals surface area contributed by atoms with Gasteiger partial charge in [-0.25, -0.2) is 9.07 Å². The number of halogens is 1. The first-order chi connectivity index (χ1) is 12.1. The molecule has 0 fully saturated rings. The molecule has 25 heavy (non-hydrogen) atoms. The predicted molar refractivity (Wildman–Crippen MR) is 89.3 cm³/mol. The zero-order chi connectivity index (χ0) is 17.6. The van der Waals surface area contributed by atoms with Gasteiger partial charge in [0, 0.05) is 12.6 Å². The van der Waals surface area contributed by atoms with Crippen LogP contribution in [0.3, 0.4) is 0 Å². The standard InChI is InChI=1S/C18H16FN3O3/c19-14-5-3-13(4-6-14)12-17(23)20-9-10-22-18(24)8-7-15(21-22)16-2-1-11-25-16/h1-8,11H,9-10,12H2,(H,20,23). The number of benzene rings is 1. The molecule has 3 aromatic rings. The van der Waals surface area contributed by atoms with E-state index in [1.54, 1.807) is 30.3 Å². The first kappa shape index (κ1) is 16.6. The lowest BCUT2D eigenvalue weighted by atomic mass is 10.1. The van der Waals surface area contributed by atoms with Gasteiger partial charge < -0.3 is 9.73 Å². The van der Waals surface area contributed by atoms with E-state index < -0.39 is 0 Å².